The van der Waals surface area contributed by atoms with Gasteiger partial charge in [-0.2, -0.15) is 0 Å². The quantitative estimate of drug-likeness (QED) is 0.744. The monoisotopic (exact) mass is 330 g/mol. The maximum atomic E-state index is 2.62. The number of benzene rings is 1. The van der Waals surface area contributed by atoms with Gasteiger partial charge in [-0.1, -0.05) is 33.8 Å². The molecule has 0 radical (unpaired) electrons. The third kappa shape index (κ3) is 4.07. The number of fused-ring (bicyclic) bond motifs is 1. The summed E-state index contributed by atoms with van der Waals surface area (Å²) in [6.07, 6.45) is 1.32. The first-order chi connectivity index (χ1) is 11.0. The summed E-state index contributed by atoms with van der Waals surface area (Å²) >= 11 is 1.96. The van der Waals surface area contributed by atoms with E-state index in [2.05, 4.69) is 61.8 Å². The second-order valence-electron chi connectivity index (χ2n) is 7.54. The van der Waals surface area contributed by atoms with Crippen molar-refractivity contribution in [2.75, 3.05) is 37.6 Å². The van der Waals surface area contributed by atoms with Crippen molar-refractivity contribution >= 4 is 27.1 Å². The number of piperazine rings is 1. The standard InChI is InChI=1S/C20H30N2S/c1-15(2)7-8-21-9-11-22(12-10-21)18-6-5-17-13-19(16(3)4)23-20(17)14-18/h5-6,13-16H,7-12H2,1-4H3. The fourth-order valence-corrected chi connectivity index (χ4v) is 4.29. The largest absolute Gasteiger partial charge is 0.369 e. The van der Waals surface area contributed by atoms with Gasteiger partial charge in [-0.3, -0.25) is 4.90 Å². The molecule has 1 aromatic carbocycles. The van der Waals surface area contributed by atoms with E-state index in [1.54, 1.807) is 0 Å². The molecule has 3 heteroatoms. The molecule has 2 heterocycles. The number of thiophene rings is 1. The van der Waals surface area contributed by atoms with E-state index in [1.807, 2.05) is 11.3 Å². The molecule has 3 rings (SSSR count). The van der Waals surface area contributed by atoms with Crippen LogP contribution in [0.2, 0.25) is 0 Å². The van der Waals surface area contributed by atoms with E-state index < -0.39 is 0 Å². The lowest BCUT2D eigenvalue weighted by Crippen LogP contribution is -2.46. The van der Waals surface area contributed by atoms with E-state index in [1.165, 1.54) is 46.7 Å². The highest BCUT2D eigenvalue weighted by Crippen LogP contribution is 2.33. The molecule has 0 aliphatic carbocycles. The molecule has 0 spiro atoms. The zero-order valence-electron chi connectivity index (χ0n) is 15.0. The van der Waals surface area contributed by atoms with E-state index in [4.69, 9.17) is 0 Å². The summed E-state index contributed by atoms with van der Waals surface area (Å²) in [6.45, 7) is 15.2. The molecule has 0 atom stereocenters. The van der Waals surface area contributed by atoms with Crippen molar-refractivity contribution < 1.29 is 0 Å². The van der Waals surface area contributed by atoms with Crippen molar-refractivity contribution in [1.82, 2.24) is 4.90 Å². The van der Waals surface area contributed by atoms with Crippen LogP contribution < -0.4 is 4.90 Å². The zero-order chi connectivity index (χ0) is 16.4. The molecular weight excluding hydrogens is 300 g/mol. The highest BCUT2D eigenvalue weighted by Gasteiger charge is 2.17. The Morgan fingerprint density at radius 2 is 1.74 bits per heavy atom. The molecule has 2 aromatic rings. The Hall–Kier alpha value is -1.06. The fraction of sp³-hybridized carbons (Fsp3) is 0.600. The Morgan fingerprint density at radius 1 is 1.00 bits per heavy atom. The Kier molecular flexibility index (Phi) is 5.27. The van der Waals surface area contributed by atoms with Crippen LogP contribution in [0.3, 0.4) is 0 Å². The van der Waals surface area contributed by atoms with Crippen molar-refractivity contribution in [3.8, 4) is 0 Å². The first-order valence-corrected chi connectivity index (χ1v) is 9.85. The van der Waals surface area contributed by atoms with Crippen LogP contribution in [0.1, 0.15) is 44.9 Å². The van der Waals surface area contributed by atoms with Crippen LogP contribution in [-0.2, 0) is 0 Å². The Morgan fingerprint density at radius 3 is 2.39 bits per heavy atom. The van der Waals surface area contributed by atoms with Crippen molar-refractivity contribution in [2.24, 2.45) is 5.92 Å². The average molecular weight is 331 g/mol. The molecular formula is C20H30N2S. The molecule has 2 nitrogen and oxygen atoms in total. The smallest absolute Gasteiger partial charge is 0.0381 e. The first-order valence-electron chi connectivity index (χ1n) is 9.03. The molecule has 0 bridgehead atoms. The molecule has 0 amide bonds. The van der Waals surface area contributed by atoms with Gasteiger partial charge in [-0.25, -0.2) is 0 Å². The highest BCUT2D eigenvalue weighted by molar-refractivity contribution is 7.19. The van der Waals surface area contributed by atoms with Crippen molar-refractivity contribution in [3.05, 3.63) is 29.1 Å². The third-order valence-electron chi connectivity index (χ3n) is 4.85. The second-order valence-corrected chi connectivity index (χ2v) is 8.65. The Labute approximate surface area is 145 Å². The van der Waals surface area contributed by atoms with E-state index in [0.29, 0.717) is 5.92 Å². The summed E-state index contributed by atoms with van der Waals surface area (Å²) in [4.78, 5) is 6.67. The normalized spacial score (nSPS) is 16.9. The predicted octanol–water partition coefficient (Wildman–Crippen LogP) is 5.19. The molecule has 126 valence electrons. The van der Waals surface area contributed by atoms with Gasteiger partial charge in [0.15, 0.2) is 0 Å². The van der Waals surface area contributed by atoms with Gasteiger partial charge < -0.3 is 4.90 Å². The zero-order valence-corrected chi connectivity index (χ0v) is 15.8. The third-order valence-corrected chi connectivity index (χ3v) is 6.25. The van der Waals surface area contributed by atoms with Crippen molar-refractivity contribution in [1.29, 1.82) is 0 Å². The summed E-state index contributed by atoms with van der Waals surface area (Å²) < 4.78 is 1.44. The van der Waals surface area contributed by atoms with Crippen LogP contribution in [-0.4, -0.2) is 37.6 Å². The van der Waals surface area contributed by atoms with Crippen LogP contribution >= 0.6 is 11.3 Å². The van der Waals surface area contributed by atoms with E-state index in [9.17, 15) is 0 Å². The minimum Gasteiger partial charge on any atom is -0.369 e. The summed E-state index contributed by atoms with van der Waals surface area (Å²) in [5.41, 5.74) is 1.40. The van der Waals surface area contributed by atoms with Crippen molar-refractivity contribution in [3.63, 3.8) is 0 Å². The van der Waals surface area contributed by atoms with Gasteiger partial charge in [0.05, 0.1) is 0 Å². The summed E-state index contributed by atoms with van der Waals surface area (Å²) in [5, 5.41) is 1.40. The van der Waals surface area contributed by atoms with Crippen LogP contribution in [0.15, 0.2) is 24.3 Å². The van der Waals surface area contributed by atoms with Gasteiger partial charge in [0.1, 0.15) is 0 Å². The summed E-state index contributed by atoms with van der Waals surface area (Å²) in [6, 6.07) is 9.37. The second kappa shape index (κ2) is 7.23. The Bertz CT molecular complexity index is 636. The molecule has 23 heavy (non-hydrogen) atoms. The van der Waals surface area contributed by atoms with E-state index in [-0.39, 0.29) is 0 Å². The maximum absolute atomic E-state index is 2.62. The summed E-state index contributed by atoms with van der Waals surface area (Å²) in [7, 11) is 0. The number of anilines is 1. The molecule has 1 saturated heterocycles. The van der Waals surface area contributed by atoms with Crippen molar-refractivity contribution in [2.45, 2.75) is 40.0 Å². The van der Waals surface area contributed by atoms with Gasteiger partial charge in [0.25, 0.3) is 0 Å². The van der Waals surface area contributed by atoms with Gasteiger partial charge in [-0.15, -0.1) is 11.3 Å². The summed E-state index contributed by atoms with van der Waals surface area (Å²) in [5.74, 6) is 1.43. The number of hydrogen-bond donors (Lipinski definition) is 0. The van der Waals surface area contributed by atoms with E-state index >= 15 is 0 Å². The minimum atomic E-state index is 0.625. The van der Waals surface area contributed by atoms with Gasteiger partial charge in [0, 0.05) is 41.4 Å². The molecule has 0 saturated carbocycles. The maximum Gasteiger partial charge on any atom is 0.0381 e. The Balaban J connectivity index is 1.65. The number of hydrogen-bond acceptors (Lipinski definition) is 3. The van der Waals surface area contributed by atoms with Gasteiger partial charge in [0.2, 0.25) is 0 Å². The van der Waals surface area contributed by atoms with Crippen LogP contribution in [0, 0.1) is 5.92 Å². The van der Waals surface area contributed by atoms with Crippen LogP contribution in [0.4, 0.5) is 5.69 Å². The van der Waals surface area contributed by atoms with Crippen LogP contribution in [0.5, 0.6) is 0 Å². The molecule has 1 aliphatic heterocycles. The van der Waals surface area contributed by atoms with Crippen LogP contribution in [0.25, 0.3) is 10.1 Å². The SMILES string of the molecule is CC(C)CCN1CCN(c2ccc3cc(C(C)C)sc3c2)CC1. The molecule has 0 N–H and O–H groups in total. The molecule has 0 unspecified atom stereocenters. The molecule has 1 aromatic heterocycles. The molecule has 1 fully saturated rings. The number of rotatable bonds is 5. The lowest BCUT2D eigenvalue weighted by atomic mass is 10.1. The van der Waals surface area contributed by atoms with E-state index in [0.717, 1.165) is 19.0 Å². The average Bonchev–Trinajstić information content (AvgIpc) is 2.97. The topological polar surface area (TPSA) is 6.48 Å². The predicted molar refractivity (Wildman–Crippen MR) is 104 cm³/mol. The molecule has 1 aliphatic rings. The lowest BCUT2D eigenvalue weighted by molar-refractivity contribution is 0.244. The van der Waals surface area contributed by atoms with Gasteiger partial charge >= 0.3 is 0 Å². The fourth-order valence-electron chi connectivity index (χ4n) is 3.19. The minimum absolute atomic E-state index is 0.625. The lowest BCUT2D eigenvalue weighted by Gasteiger charge is -2.36. The number of nitrogens with zero attached hydrogens (tertiary/aromatic N) is 2. The highest BCUT2D eigenvalue weighted by atomic mass is 32.1. The van der Waals surface area contributed by atoms with Gasteiger partial charge in [-0.05, 0) is 48.4 Å². The first kappa shape index (κ1) is 16.8.